The zero-order valence-electron chi connectivity index (χ0n) is 23.5. The Morgan fingerprint density at radius 1 is 1.02 bits per heavy atom. The molecule has 3 aromatic rings. The molecule has 0 saturated carbocycles. The number of aryl methyl sites for hydroxylation is 1. The molecule has 1 aromatic heterocycles. The highest BCUT2D eigenvalue weighted by Gasteiger charge is 2.24. The van der Waals surface area contributed by atoms with E-state index in [4.69, 9.17) is 9.47 Å². The van der Waals surface area contributed by atoms with E-state index in [0.717, 1.165) is 17.5 Å². The van der Waals surface area contributed by atoms with Crippen LogP contribution in [0.25, 0.3) is 0 Å². The summed E-state index contributed by atoms with van der Waals surface area (Å²) < 4.78 is 40.1. The lowest BCUT2D eigenvalue weighted by atomic mass is 10.1. The van der Waals surface area contributed by atoms with E-state index in [1.807, 2.05) is 37.3 Å². The second kappa shape index (κ2) is 14.7. The number of aromatic nitrogens is 1. The van der Waals surface area contributed by atoms with Crippen molar-refractivity contribution < 1.29 is 37.0 Å². The summed E-state index contributed by atoms with van der Waals surface area (Å²) in [6, 6.07) is 13.3. The Labute approximate surface area is 244 Å². The number of methoxy groups -OCH3 is 2. The summed E-state index contributed by atoms with van der Waals surface area (Å²) in [4.78, 5) is 43.3. The number of hydrogen-bond donors (Lipinski definition) is 0. The molecule has 0 aliphatic rings. The maximum Gasteiger partial charge on any atom is 0.302 e. The smallest absolute Gasteiger partial charge is 0.302 e. The van der Waals surface area contributed by atoms with Crippen LogP contribution in [0.4, 0.5) is 0 Å². The Bertz CT molecular complexity index is 1440. The van der Waals surface area contributed by atoms with Crippen LogP contribution < -0.4 is 9.47 Å². The quantitative estimate of drug-likeness (QED) is 0.188. The molecule has 0 saturated heterocycles. The van der Waals surface area contributed by atoms with Crippen molar-refractivity contribution in [2.45, 2.75) is 33.2 Å². The molecule has 0 aliphatic heterocycles. The Hall–Kier alpha value is -3.77. The standard InChI is InChI=1S/C29H34N2O8S2/c1-20-26(37-3)15-23(16-27(20)38-4)29(34)31(12-8-11-22-9-6-5-7-10-22)17-28-30-24(18-40-28)25(33)19-41(35,36)14-13-39-21(2)32/h5-7,9-10,15-16,18H,8,11-14,17,19H2,1-4H3. The van der Waals surface area contributed by atoms with Gasteiger partial charge in [0.25, 0.3) is 5.91 Å². The van der Waals surface area contributed by atoms with E-state index >= 15 is 0 Å². The molecule has 2 aromatic carbocycles. The van der Waals surface area contributed by atoms with Crippen molar-refractivity contribution in [1.82, 2.24) is 9.88 Å². The number of sulfone groups is 1. The number of thiazole rings is 1. The normalized spacial score (nSPS) is 11.1. The van der Waals surface area contributed by atoms with E-state index in [1.54, 1.807) is 17.0 Å². The van der Waals surface area contributed by atoms with Gasteiger partial charge in [0.2, 0.25) is 0 Å². The van der Waals surface area contributed by atoms with Gasteiger partial charge in [-0.3, -0.25) is 14.4 Å². The van der Waals surface area contributed by atoms with Crippen molar-refractivity contribution in [3.05, 3.63) is 75.2 Å². The van der Waals surface area contributed by atoms with Crippen molar-refractivity contribution in [1.29, 1.82) is 0 Å². The highest BCUT2D eigenvalue weighted by molar-refractivity contribution is 7.92. The van der Waals surface area contributed by atoms with E-state index in [-0.39, 0.29) is 24.8 Å². The van der Waals surface area contributed by atoms with E-state index in [1.165, 1.54) is 37.9 Å². The lowest BCUT2D eigenvalue weighted by Gasteiger charge is -2.23. The monoisotopic (exact) mass is 602 g/mol. The third kappa shape index (κ3) is 9.39. The van der Waals surface area contributed by atoms with Crippen LogP contribution >= 0.6 is 11.3 Å². The number of esters is 1. The number of carbonyl (C=O) groups is 3. The van der Waals surface area contributed by atoms with Crippen LogP contribution in [-0.4, -0.2) is 74.8 Å². The Morgan fingerprint density at radius 2 is 1.68 bits per heavy atom. The molecule has 1 heterocycles. The van der Waals surface area contributed by atoms with Gasteiger partial charge in [-0.05, 0) is 37.5 Å². The van der Waals surface area contributed by atoms with Crippen molar-refractivity contribution >= 4 is 38.8 Å². The molecule has 10 nitrogen and oxygen atoms in total. The van der Waals surface area contributed by atoms with Gasteiger partial charge in [-0.1, -0.05) is 30.3 Å². The second-order valence-electron chi connectivity index (χ2n) is 9.30. The van der Waals surface area contributed by atoms with Crippen molar-refractivity contribution in [3.63, 3.8) is 0 Å². The van der Waals surface area contributed by atoms with E-state index in [2.05, 4.69) is 9.72 Å². The molecule has 1 amide bonds. The van der Waals surface area contributed by atoms with Crippen LogP contribution in [0.2, 0.25) is 0 Å². The molecule has 0 fully saturated rings. The Balaban J connectivity index is 1.78. The third-order valence-electron chi connectivity index (χ3n) is 6.24. The number of ketones is 1. The van der Waals surface area contributed by atoms with Crippen LogP contribution in [-0.2, 0) is 32.3 Å². The third-order valence-corrected chi connectivity index (χ3v) is 8.56. The molecule has 0 spiro atoms. The highest BCUT2D eigenvalue weighted by Crippen LogP contribution is 2.30. The number of Topliss-reactive ketones (excluding diaryl/α,β-unsaturated/α-hetero) is 1. The second-order valence-corrected chi connectivity index (χ2v) is 12.4. The van der Waals surface area contributed by atoms with Crippen LogP contribution in [0.3, 0.4) is 0 Å². The lowest BCUT2D eigenvalue weighted by Crippen LogP contribution is -2.32. The van der Waals surface area contributed by atoms with Gasteiger partial charge in [0.1, 0.15) is 34.6 Å². The number of carbonyl (C=O) groups excluding carboxylic acids is 3. The summed E-state index contributed by atoms with van der Waals surface area (Å²) in [7, 11) is -0.741. The van der Waals surface area contributed by atoms with Gasteiger partial charge >= 0.3 is 5.97 Å². The molecule has 220 valence electrons. The summed E-state index contributed by atoms with van der Waals surface area (Å²) in [5, 5.41) is 1.98. The molecule has 12 heteroatoms. The highest BCUT2D eigenvalue weighted by atomic mass is 32.2. The number of rotatable bonds is 15. The molecular weight excluding hydrogens is 568 g/mol. The molecule has 0 atom stereocenters. The minimum absolute atomic E-state index is 0.0106. The van der Waals surface area contributed by atoms with E-state index in [9.17, 15) is 22.8 Å². The fraction of sp³-hybridized carbons (Fsp3) is 0.379. The Morgan fingerprint density at radius 3 is 2.29 bits per heavy atom. The van der Waals surface area contributed by atoms with Crippen molar-refractivity contribution in [3.8, 4) is 11.5 Å². The van der Waals surface area contributed by atoms with Crippen LogP contribution in [0, 0.1) is 6.92 Å². The van der Waals surface area contributed by atoms with Crippen molar-refractivity contribution in [2.75, 3.05) is 38.9 Å². The minimum atomic E-state index is -3.79. The maximum atomic E-state index is 13.7. The molecule has 3 rings (SSSR count). The number of amides is 1. The van der Waals surface area contributed by atoms with Crippen molar-refractivity contribution in [2.24, 2.45) is 0 Å². The minimum Gasteiger partial charge on any atom is -0.496 e. The predicted molar refractivity (Wildman–Crippen MR) is 156 cm³/mol. The fourth-order valence-corrected chi connectivity index (χ4v) is 5.94. The van der Waals surface area contributed by atoms with Gasteiger partial charge in [-0.2, -0.15) is 0 Å². The van der Waals surface area contributed by atoms with Crippen LogP contribution in [0.15, 0.2) is 47.8 Å². The van der Waals surface area contributed by atoms with Gasteiger partial charge in [-0.15, -0.1) is 11.3 Å². The molecular formula is C29H34N2O8S2. The van der Waals surface area contributed by atoms with Gasteiger partial charge < -0.3 is 19.1 Å². The summed E-state index contributed by atoms with van der Waals surface area (Å²) in [5.74, 6) is -1.68. The first-order valence-electron chi connectivity index (χ1n) is 12.9. The van der Waals surface area contributed by atoms with Gasteiger partial charge in [0.15, 0.2) is 15.6 Å². The fourth-order valence-electron chi connectivity index (χ4n) is 4.10. The molecule has 0 N–H and O–H groups in total. The first-order chi connectivity index (χ1) is 19.5. The summed E-state index contributed by atoms with van der Waals surface area (Å²) >= 11 is 1.17. The molecule has 0 unspecified atom stereocenters. The first kappa shape index (κ1) is 31.8. The predicted octanol–water partition coefficient (Wildman–Crippen LogP) is 3.90. The molecule has 0 aliphatic carbocycles. The summed E-state index contributed by atoms with van der Waals surface area (Å²) in [6.45, 7) is 3.25. The maximum absolute atomic E-state index is 13.7. The SMILES string of the molecule is COc1cc(C(=O)N(CCCc2ccccc2)Cc2nc(C(=O)CS(=O)(=O)CCOC(C)=O)cs2)cc(OC)c1C. The zero-order chi connectivity index (χ0) is 30.0. The van der Waals surface area contributed by atoms with E-state index < -0.39 is 33.1 Å². The average Bonchev–Trinajstić information content (AvgIpc) is 3.41. The average molecular weight is 603 g/mol. The number of benzene rings is 2. The number of hydrogen-bond acceptors (Lipinski definition) is 10. The summed E-state index contributed by atoms with van der Waals surface area (Å²) in [6.07, 6.45) is 1.45. The zero-order valence-corrected chi connectivity index (χ0v) is 25.2. The first-order valence-corrected chi connectivity index (χ1v) is 15.6. The van der Waals surface area contributed by atoms with Gasteiger partial charge in [0.05, 0.1) is 26.5 Å². The molecule has 41 heavy (non-hydrogen) atoms. The van der Waals surface area contributed by atoms with Crippen LogP contribution in [0.5, 0.6) is 11.5 Å². The van der Waals surface area contributed by atoms with Gasteiger partial charge in [-0.25, -0.2) is 13.4 Å². The molecule has 0 bridgehead atoms. The molecule has 0 radical (unpaired) electrons. The number of nitrogens with zero attached hydrogens (tertiary/aromatic N) is 2. The van der Waals surface area contributed by atoms with Crippen LogP contribution in [0.1, 0.15) is 50.3 Å². The topological polar surface area (TPSA) is 129 Å². The summed E-state index contributed by atoms with van der Waals surface area (Å²) in [5.41, 5.74) is 2.32. The van der Waals surface area contributed by atoms with Gasteiger partial charge in [0, 0.05) is 30.0 Å². The Kier molecular flexibility index (Phi) is 11.4. The number of ether oxygens (including phenoxy) is 3. The largest absolute Gasteiger partial charge is 0.496 e. The van der Waals surface area contributed by atoms with E-state index in [0.29, 0.717) is 35.0 Å². The lowest BCUT2D eigenvalue weighted by molar-refractivity contribution is -0.140.